The summed E-state index contributed by atoms with van der Waals surface area (Å²) in [4.78, 5) is 0. The van der Waals surface area contributed by atoms with E-state index in [4.69, 9.17) is 14.2 Å². The summed E-state index contributed by atoms with van der Waals surface area (Å²) < 4.78 is 18.1. The number of hydrogen-bond acceptors (Lipinski definition) is 3. The van der Waals surface area contributed by atoms with Crippen molar-refractivity contribution in [2.75, 3.05) is 6.61 Å². The highest BCUT2D eigenvalue weighted by molar-refractivity contribution is 5.42. The number of ether oxygens (including phenoxy) is 3. The van der Waals surface area contributed by atoms with Gasteiger partial charge in [0, 0.05) is 11.8 Å². The standard InChI is InChI=1S/C28H42O3/c1-25(2,3)29-20-19-27(7,8)31-24-17-13-22(14-18-24)28(9,10)21-11-15-23(16-12-21)30-26(4,5)6/h11-18H,19-20H2,1-10H3. The minimum Gasteiger partial charge on any atom is -0.488 e. The van der Waals surface area contributed by atoms with Crippen LogP contribution in [0.15, 0.2) is 48.5 Å². The third-order valence-corrected chi connectivity index (χ3v) is 5.21. The van der Waals surface area contributed by atoms with E-state index < -0.39 is 0 Å². The third-order valence-electron chi connectivity index (χ3n) is 5.21. The van der Waals surface area contributed by atoms with Gasteiger partial charge in [-0.15, -0.1) is 0 Å². The average molecular weight is 427 g/mol. The molecule has 0 aliphatic carbocycles. The Balaban J connectivity index is 2.06. The Hall–Kier alpha value is -2.00. The molecule has 0 amide bonds. The smallest absolute Gasteiger partial charge is 0.120 e. The van der Waals surface area contributed by atoms with Gasteiger partial charge in [-0.1, -0.05) is 38.1 Å². The van der Waals surface area contributed by atoms with E-state index in [-0.39, 0.29) is 22.2 Å². The Kier molecular flexibility index (Phi) is 7.53. The molecule has 0 spiro atoms. The summed E-state index contributed by atoms with van der Waals surface area (Å²) in [6, 6.07) is 16.9. The monoisotopic (exact) mass is 426 g/mol. The second kappa shape index (κ2) is 9.24. The molecule has 0 saturated heterocycles. The molecule has 3 nitrogen and oxygen atoms in total. The van der Waals surface area contributed by atoms with E-state index in [1.807, 2.05) is 0 Å². The molecule has 2 aromatic rings. The van der Waals surface area contributed by atoms with Gasteiger partial charge in [0.15, 0.2) is 0 Å². The first kappa shape index (κ1) is 25.3. The van der Waals surface area contributed by atoms with E-state index >= 15 is 0 Å². The first-order valence-electron chi connectivity index (χ1n) is 11.3. The highest BCUT2D eigenvalue weighted by atomic mass is 16.5. The van der Waals surface area contributed by atoms with Gasteiger partial charge in [0.1, 0.15) is 22.7 Å². The first-order chi connectivity index (χ1) is 14.1. The van der Waals surface area contributed by atoms with E-state index in [1.54, 1.807) is 0 Å². The molecule has 0 aliphatic heterocycles. The fourth-order valence-corrected chi connectivity index (χ4v) is 3.37. The summed E-state index contributed by atoms with van der Waals surface area (Å²) in [7, 11) is 0. The summed E-state index contributed by atoms with van der Waals surface area (Å²) >= 11 is 0. The maximum absolute atomic E-state index is 6.26. The summed E-state index contributed by atoms with van der Waals surface area (Å²) in [6.45, 7) is 21.8. The average Bonchev–Trinajstić information content (AvgIpc) is 2.59. The number of rotatable bonds is 8. The molecule has 0 fully saturated rings. The Morgan fingerprint density at radius 2 is 0.968 bits per heavy atom. The molecule has 0 unspecified atom stereocenters. The molecule has 2 aromatic carbocycles. The van der Waals surface area contributed by atoms with Crippen molar-refractivity contribution in [1.82, 2.24) is 0 Å². The quantitative estimate of drug-likeness (QED) is 0.436. The molecule has 0 radical (unpaired) electrons. The molecule has 0 atom stereocenters. The van der Waals surface area contributed by atoms with Gasteiger partial charge in [-0.05, 0) is 90.8 Å². The lowest BCUT2D eigenvalue weighted by atomic mass is 9.78. The van der Waals surface area contributed by atoms with Crippen LogP contribution in [0.25, 0.3) is 0 Å². The van der Waals surface area contributed by atoms with E-state index in [0.717, 1.165) is 17.9 Å². The van der Waals surface area contributed by atoms with Crippen LogP contribution in [0.2, 0.25) is 0 Å². The van der Waals surface area contributed by atoms with Gasteiger partial charge in [0.05, 0.1) is 12.2 Å². The SMILES string of the molecule is CC(C)(C)OCCC(C)(C)Oc1ccc(C(C)(C)c2ccc(OC(C)(C)C)cc2)cc1. The summed E-state index contributed by atoms with van der Waals surface area (Å²) in [6.07, 6.45) is 0.834. The van der Waals surface area contributed by atoms with Gasteiger partial charge in [-0.3, -0.25) is 0 Å². The number of hydrogen-bond donors (Lipinski definition) is 0. The van der Waals surface area contributed by atoms with Gasteiger partial charge >= 0.3 is 0 Å². The second-order valence-electron chi connectivity index (χ2n) is 11.5. The van der Waals surface area contributed by atoms with Crippen molar-refractivity contribution in [3.05, 3.63) is 59.7 Å². The second-order valence-corrected chi connectivity index (χ2v) is 11.5. The zero-order valence-electron chi connectivity index (χ0n) is 21.3. The molecule has 0 aliphatic rings. The summed E-state index contributed by atoms with van der Waals surface area (Å²) in [5.41, 5.74) is 1.78. The van der Waals surface area contributed by atoms with Gasteiger partial charge in [0.25, 0.3) is 0 Å². The minimum absolute atomic E-state index is 0.116. The predicted molar refractivity (Wildman–Crippen MR) is 130 cm³/mol. The lowest BCUT2D eigenvalue weighted by Gasteiger charge is -2.30. The molecule has 31 heavy (non-hydrogen) atoms. The van der Waals surface area contributed by atoms with Crippen molar-refractivity contribution >= 4 is 0 Å². The lowest BCUT2D eigenvalue weighted by Crippen LogP contribution is -2.32. The predicted octanol–water partition coefficient (Wildman–Crippen LogP) is 7.55. The van der Waals surface area contributed by atoms with Crippen molar-refractivity contribution in [2.45, 2.75) is 97.9 Å². The molecule has 0 bridgehead atoms. The maximum Gasteiger partial charge on any atom is 0.120 e. The van der Waals surface area contributed by atoms with E-state index in [1.165, 1.54) is 11.1 Å². The van der Waals surface area contributed by atoms with Crippen molar-refractivity contribution < 1.29 is 14.2 Å². The molecule has 0 heterocycles. The number of benzene rings is 2. The highest BCUT2D eigenvalue weighted by Gasteiger charge is 2.25. The zero-order chi connectivity index (χ0) is 23.5. The maximum atomic E-state index is 6.26. The Morgan fingerprint density at radius 3 is 1.35 bits per heavy atom. The Bertz CT molecular complexity index is 817. The highest BCUT2D eigenvalue weighted by Crippen LogP contribution is 2.34. The fraction of sp³-hybridized carbons (Fsp3) is 0.571. The van der Waals surface area contributed by atoms with Gasteiger partial charge in [-0.2, -0.15) is 0 Å². The Labute approximate surface area is 190 Å². The normalized spacial score (nSPS) is 13.2. The molecule has 0 aromatic heterocycles. The van der Waals surface area contributed by atoms with Crippen molar-refractivity contribution in [1.29, 1.82) is 0 Å². The summed E-state index contributed by atoms with van der Waals surface area (Å²) in [5.74, 6) is 1.78. The molecule has 2 rings (SSSR count). The van der Waals surface area contributed by atoms with Crippen LogP contribution in [0.1, 0.15) is 86.8 Å². The molecular formula is C28H42O3. The largest absolute Gasteiger partial charge is 0.488 e. The van der Waals surface area contributed by atoms with Crippen LogP contribution >= 0.6 is 0 Å². The van der Waals surface area contributed by atoms with Crippen LogP contribution in [0, 0.1) is 0 Å². The van der Waals surface area contributed by atoms with Crippen molar-refractivity contribution in [3.63, 3.8) is 0 Å². The fourth-order valence-electron chi connectivity index (χ4n) is 3.37. The van der Waals surface area contributed by atoms with Crippen LogP contribution in [0.3, 0.4) is 0 Å². The third kappa shape index (κ3) is 8.22. The molecule has 3 heteroatoms. The zero-order valence-corrected chi connectivity index (χ0v) is 21.3. The van der Waals surface area contributed by atoms with E-state index in [0.29, 0.717) is 6.61 Å². The molecule has 172 valence electrons. The first-order valence-corrected chi connectivity index (χ1v) is 11.3. The van der Waals surface area contributed by atoms with Crippen LogP contribution in [-0.4, -0.2) is 23.4 Å². The van der Waals surface area contributed by atoms with Crippen LogP contribution in [0.4, 0.5) is 0 Å². The van der Waals surface area contributed by atoms with Gasteiger partial charge in [0.2, 0.25) is 0 Å². The van der Waals surface area contributed by atoms with E-state index in [9.17, 15) is 0 Å². The Morgan fingerprint density at radius 1 is 0.548 bits per heavy atom. The van der Waals surface area contributed by atoms with Gasteiger partial charge < -0.3 is 14.2 Å². The van der Waals surface area contributed by atoms with Crippen LogP contribution in [0.5, 0.6) is 11.5 Å². The minimum atomic E-state index is -0.287. The van der Waals surface area contributed by atoms with Crippen molar-refractivity contribution in [3.8, 4) is 11.5 Å². The molecule has 0 N–H and O–H groups in total. The topological polar surface area (TPSA) is 27.7 Å². The summed E-state index contributed by atoms with van der Waals surface area (Å²) in [5, 5.41) is 0. The molecular weight excluding hydrogens is 384 g/mol. The van der Waals surface area contributed by atoms with Crippen molar-refractivity contribution in [2.24, 2.45) is 0 Å². The van der Waals surface area contributed by atoms with Crippen LogP contribution in [-0.2, 0) is 10.2 Å². The van der Waals surface area contributed by atoms with Crippen LogP contribution < -0.4 is 9.47 Å². The lowest BCUT2D eigenvalue weighted by molar-refractivity contribution is -0.0292. The van der Waals surface area contributed by atoms with Gasteiger partial charge in [-0.25, -0.2) is 0 Å². The molecule has 0 saturated carbocycles. The van der Waals surface area contributed by atoms with E-state index in [2.05, 4.69) is 118 Å².